The van der Waals surface area contributed by atoms with Crippen molar-refractivity contribution in [2.24, 2.45) is 34.5 Å². The molecule has 1 aliphatic heterocycles. The van der Waals surface area contributed by atoms with E-state index in [1.807, 2.05) is 6.92 Å². The van der Waals surface area contributed by atoms with Gasteiger partial charge in [-0.15, -0.1) is 0 Å². The number of alkyl carbamates (subject to hydrolysis) is 1. The fourth-order valence-corrected chi connectivity index (χ4v) is 11.2. The van der Waals surface area contributed by atoms with E-state index in [9.17, 15) is 14.7 Å². The average Bonchev–Trinajstić information content (AvgIpc) is 3.61. The van der Waals surface area contributed by atoms with E-state index in [1.54, 1.807) is 10.5 Å². The van der Waals surface area contributed by atoms with Gasteiger partial charge in [-0.1, -0.05) is 77.4 Å². The minimum absolute atomic E-state index is 0.0269. The maximum absolute atomic E-state index is 12.7. The molecule has 0 bridgehead atoms. The minimum Gasteiger partial charge on any atom is -0.446 e. The summed E-state index contributed by atoms with van der Waals surface area (Å²) in [4.78, 5) is 27.3. The summed E-state index contributed by atoms with van der Waals surface area (Å²) in [6.07, 6.45) is 25.1. The number of likely N-dealkylation sites (tertiary alicyclic amines) is 1. The van der Waals surface area contributed by atoms with Crippen LogP contribution in [0, 0.1) is 34.5 Å². The highest BCUT2D eigenvalue weighted by atomic mass is 16.6. The number of rotatable bonds is 17. The molecule has 9 atom stereocenters. The van der Waals surface area contributed by atoms with Crippen LogP contribution in [0.2, 0.25) is 0 Å². The number of hydrogen-bond acceptors (Lipinski definition) is 5. The van der Waals surface area contributed by atoms with Gasteiger partial charge < -0.3 is 24.8 Å². The SMILES string of the molecule is CCCCCCCC[C@@H]1CCC2C3CC=C4CC(OC(=O)NCCCCCC(=O)N5CC[C@H](O)[C@@H]5COCC)CC[C@@]4(C)C3CC[C@]21C. The van der Waals surface area contributed by atoms with E-state index in [-0.39, 0.29) is 29.6 Å². The Balaban J connectivity index is 1.00. The Labute approximate surface area is 292 Å². The smallest absolute Gasteiger partial charge is 0.407 e. The monoisotopic (exact) mass is 671 g/mol. The van der Waals surface area contributed by atoms with Gasteiger partial charge >= 0.3 is 6.09 Å². The largest absolute Gasteiger partial charge is 0.446 e. The standard InChI is InChI=1S/C41H70N2O5/c1-5-7-8-9-10-12-15-30-18-20-34-33-19-17-31-28-32(21-24-41(31,4)35(33)22-25-40(30,34)3)48-39(46)42-26-14-11-13-16-38(45)43-27-23-37(44)36(43)29-47-6-2/h17,30,32-37,44H,5-16,18-29H2,1-4H3,(H,42,46)/t30-,32?,33?,34?,35?,36+,37+,40+,41-/m1/s1. The number of carbonyl (C=O) groups excluding carboxylic acids is 2. The molecule has 0 aromatic rings. The molecule has 48 heavy (non-hydrogen) atoms. The van der Waals surface area contributed by atoms with Gasteiger partial charge in [-0.25, -0.2) is 4.79 Å². The van der Waals surface area contributed by atoms with Crippen LogP contribution in [-0.2, 0) is 14.3 Å². The van der Waals surface area contributed by atoms with Crippen molar-refractivity contribution in [1.82, 2.24) is 10.2 Å². The van der Waals surface area contributed by atoms with E-state index in [4.69, 9.17) is 9.47 Å². The number of allylic oxidation sites excluding steroid dienone is 1. The van der Waals surface area contributed by atoms with Crippen LogP contribution in [0.25, 0.3) is 0 Å². The van der Waals surface area contributed by atoms with E-state index in [2.05, 4.69) is 32.2 Å². The van der Waals surface area contributed by atoms with Crippen molar-refractivity contribution in [1.29, 1.82) is 0 Å². The highest BCUT2D eigenvalue weighted by Crippen LogP contribution is 2.66. The number of aliphatic hydroxyl groups is 1. The summed E-state index contributed by atoms with van der Waals surface area (Å²) in [6.45, 7) is 11.6. The molecular weight excluding hydrogens is 600 g/mol. The molecule has 0 aromatic heterocycles. The third-order valence-corrected chi connectivity index (χ3v) is 14.1. The van der Waals surface area contributed by atoms with Gasteiger partial charge in [0, 0.05) is 32.5 Å². The number of nitrogens with zero attached hydrogens (tertiary/aromatic N) is 1. The summed E-state index contributed by atoms with van der Waals surface area (Å²) in [5.41, 5.74) is 2.38. The molecule has 2 amide bonds. The normalized spacial score (nSPS) is 35.8. The number of ether oxygens (including phenoxy) is 2. The molecule has 5 aliphatic rings. The molecular formula is C41H70N2O5. The van der Waals surface area contributed by atoms with E-state index in [0.717, 1.165) is 62.2 Å². The van der Waals surface area contributed by atoms with Crippen LogP contribution in [-0.4, -0.2) is 66.6 Å². The lowest BCUT2D eigenvalue weighted by atomic mass is 9.47. The van der Waals surface area contributed by atoms with Crippen molar-refractivity contribution in [2.45, 2.75) is 174 Å². The van der Waals surface area contributed by atoms with Gasteiger partial charge in [0.25, 0.3) is 0 Å². The van der Waals surface area contributed by atoms with Gasteiger partial charge in [-0.2, -0.15) is 0 Å². The summed E-state index contributed by atoms with van der Waals surface area (Å²) in [6, 6.07) is -0.226. The predicted octanol–water partition coefficient (Wildman–Crippen LogP) is 8.97. The Bertz CT molecular complexity index is 1080. The second-order valence-corrected chi connectivity index (χ2v) is 16.8. The molecule has 7 nitrogen and oxygen atoms in total. The first-order valence-corrected chi connectivity index (χ1v) is 20.4. The molecule has 5 rings (SSSR count). The zero-order valence-corrected chi connectivity index (χ0v) is 31.1. The summed E-state index contributed by atoms with van der Waals surface area (Å²) in [7, 11) is 0. The number of hydrogen-bond donors (Lipinski definition) is 2. The lowest BCUT2D eigenvalue weighted by Gasteiger charge is -2.58. The zero-order chi connectivity index (χ0) is 34.1. The highest BCUT2D eigenvalue weighted by Gasteiger charge is 2.58. The fourth-order valence-electron chi connectivity index (χ4n) is 11.2. The summed E-state index contributed by atoms with van der Waals surface area (Å²) in [5.74, 6) is 3.54. The number of aliphatic hydroxyl groups excluding tert-OH is 1. The van der Waals surface area contributed by atoms with E-state index in [0.29, 0.717) is 44.6 Å². The topological polar surface area (TPSA) is 88.1 Å². The molecule has 1 heterocycles. The second-order valence-electron chi connectivity index (χ2n) is 16.8. The zero-order valence-electron chi connectivity index (χ0n) is 31.1. The number of fused-ring (bicyclic) bond motifs is 5. The van der Waals surface area contributed by atoms with Crippen molar-refractivity contribution < 1.29 is 24.2 Å². The average molecular weight is 671 g/mol. The van der Waals surface area contributed by atoms with Crippen LogP contribution in [0.5, 0.6) is 0 Å². The van der Waals surface area contributed by atoms with E-state index in [1.165, 1.54) is 77.0 Å². The molecule has 274 valence electrons. The maximum Gasteiger partial charge on any atom is 0.407 e. The number of amides is 2. The third-order valence-electron chi connectivity index (χ3n) is 14.1. The van der Waals surface area contributed by atoms with Crippen LogP contribution < -0.4 is 5.32 Å². The Morgan fingerprint density at radius 1 is 0.938 bits per heavy atom. The van der Waals surface area contributed by atoms with Crippen LogP contribution in [0.3, 0.4) is 0 Å². The van der Waals surface area contributed by atoms with Gasteiger partial charge in [-0.05, 0) is 112 Å². The summed E-state index contributed by atoms with van der Waals surface area (Å²) in [5, 5.41) is 13.2. The van der Waals surface area contributed by atoms with Crippen molar-refractivity contribution in [3.8, 4) is 0 Å². The summed E-state index contributed by atoms with van der Waals surface area (Å²) < 4.78 is 11.5. The summed E-state index contributed by atoms with van der Waals surface area (Å²) >= 11 is 0. The molecule has 4 unspecified atom stereocenters. The van der Waals surface area contributed by atoms with Crippen LogP contribution in [0.4, 0.5) is 4.79 Å². The first-order valence-electron chi connectivity index (χ1n) is 20.4. The van der Waals surface area contributed by atoms with Crippen molar-refractivity contribution in [2.75, 3.05) is 26.3 Å². The first kappa shape index (κ1) is 37.7. The quantitative estimate of drug-likeness (QED) is 0.119. The van der Waals surface area contributed by atoms with Crippen molar-refractivity contribution in [3.05, 3.63) is 11.6 Å². The van der Waals surface area contributed by atoms with E-state index >= 15 is 0 Å². The van der Waals surface area contributed by atoms with Gasteiger partial charge in [0.05, 0.1) is 18.8 Å². The molecule has 2 N–H and O–H groups in total. The molecule has 4 aliphatic carbocycles. The Morgan fingerprint density at radius 2 is 1.73 bits per heavy atom. The van der Waals surface area contributed by atoms with Gasteiger partial charge in [0.2, 0.25) is 5.91 Å². The van der Waals surface area contributed by atoms with Crippen molar-refractivity contribution in [3.63, 3.8) is 0 Å². The second kappa shape index (κ2) is 17.6. The molecule has 1 saturated heterocycles. The van der Waals surface area contributed by atoms with Crippen LogP contribution in [0.15, 0.2) is 11.6 Å². The number of carbonyl (C=O) groups is 2. The van der Waals surface area contributed by atoms with E-state index < -0.39 is 6.10 Å². The minimum atomic E-state index is -0.497. The van der Waals surface area contributed by atoms with Crippen LogP contribution >= 0.6 is 0 Å². The Morgan fingerprint density at radius 3 is 2.54 bits per heavy atom. The molecule has 0 radical (unpaired) electrons. The fraction of sp³-hybridized carbons (Fsp3) is 0.902. The van der Waals surface area contributed by atoms with Gasteiger partial charge in [0.15, 0.2) is 0 Å². The Kier molecular flexibility index (Phi) is 13.8. The molecule has 4 fully saturated rings. The molecule has 7 heteroatoms. The lowest BCUT2D eigenvalue weighted by molar-refractivity contribution is -0.134. The third kappa shape index (κ3) is 8.64. The first-order chi connectivity index (χ1) is 23.2. The highest BCUT2D eigenvalue weighted by molar-refractivity contribution is 5.77. The Hall–Kier alpha value is -1.60. The van der Waals surface area contributed by atoms with Crippen LogP contribution in [0.1, 0.15) is 156 Å². The lowest BCUT2D eigenvalue weighted by Crippen LogP contribution is -2.50. The maximum atomic E-state index is 12.7. The molecule has 0 aromatic carbocycles. The van der Waals surface area contributed by atoms with Gasteiger partial charge in [-0.3, -0.25) is 4.79 Å². The number of unbranched alkanes of at least 4 members (excludes halogenated alkanes) is 7. The van der Waals surface area contributed by atoms with Gasteiger partial charge in [0.1, 0.15) is 6.10 Å². The molecule has 3 saturated carbocycles. The van der Waals surface area contributed by atoms with Crippen molar-refractivity contribution >= 4 is 12.0 Å². The molecule has 0 spiro atoms. The predicted molar refractivity (Wildman–Crippen MR) is 193 cm³/mol. The number of nitrogens with one attached hydrogen (secondary N) is 1.